The third-order valence-corrected chi connectivity index (χ3v) is 4.10. The van der Waals surface area contributed by atoms with Gasteiger partial charge in [-0.3, -0.25) is 9.59 Å². The van der Waals surface area contributed by atoms with Gasteiger partial charge in [-0.15, -0.1) is 0 Å². The number of rotatable bonds is 7. The van der Waals surface area contributed by atoms with Crippen LogP contribution in [0.1, 0.15) is 10.4 Å². The molecule has 0 atom stereocenters. The second-order valence-electron chi connectivity index (χ2n) is 5.95. The maximum Gasteiger partial charge on any atom is 0.262 e. The number of benzene rings is 3. The van der Waals surface area contributed by atoms with Crippen LogP contribution in [0.2, 0.25) is 0 Å². The van der Waals surface area contributed by atoms with E-state index < -0.39 is 5.91 Å². The number of nitrogens with one attached hydrogen (secondary N) is 1. The van der Waals surface area contributed by atoms with E-state index in [1.165, 1.54) is 13.2 Å². The molecule has 0 radical (unpaired) electrons. The van der Waals surface area contributed by atoms with Crippen molar-refractivity contribution < 1.29 is 19.1 Å². The number of ether oxygens (including phenoxy) is 2. The van der Waals surface area contributed by atoms with E-state index in [0.717, 1.165) is 11.1 Å². The van der Waals surface area contributed by atoms with Crippen LogP contribution in [-0.4, -0.2) is 25.5 Å². The van der Waals surface area contributed by atoms with Gasteiger partial charge in [0.15, 0.2) is 18.1 Å². The summed E-state index contributed by atoms with van der Waals surface area (Å²) < 4.78 is 10.8. The molecule has 2 amide bonds. The Balaban J connectivity index is 1.76. The van der Waals surface area contributed by atoms with Gasteiger partial charge >= 0.3 is 0 Å². The first-order valence-corrected chi connectivity index (χ1v) is 8.64. The zero-order valence-corrected chi connectivity index (χ0v) is 15.3. The summed E-state index contributed by atoms with van der Waals surface area (Å²) in [5.74, 6) is -0.564. The summed E-state index contributed by atoms with van der Waals surface area (Å²) in [7, 11) is 1.45. The number of anilines is 1. The topological polar surface area (TPSA) is 90.7 Å². The molecule has 3 N–H and O–H groups in total. The summed E-state index contributed by atoms with van der Waals surface area (Å²) >= 11 is 0. The van der Waals surface area contributed by atoms with Crippen molar-refractivity contribution in [1.82, 2.24) is 0 Å². The predicted molar refractivity (Wildman–Crippen MR) is 108 cm³/mol. The third kappa shape index (κ3) is 4.29. The Kier molecular flexibility index (Phi) is 5.91. The normalized spacial score (nSPS) is 10.2. The van der Waals surface area contributed by atoms with Crippen LogP contribution in [0.5, 0.6) is 11.5 Å². The van der Waals surface area contributed by atoms with Crippen LogP contribution in [0.15, 0.2) is 72.8 Å². The number of methoxy groups -OCH3 is 1. The molecular formula is C22H20N2O4. The van der Waals surface area contributed by atoms with Crippen molar-refractivity contribution in [3.05, 3.63) is 78.4 Å². The largest absolute Gasteiger partial charge is 0.493 e. The van der Waals surface area contributed by atoms with E-state index in [9.17, 15) is 9.59 Å². The van der Waals surface area contributed by atoms with Gasteiger partial charge in [0.25, 0.3) is 11.8 Å². The van der Waals surface area contributed by atoms with Crippen molar-refractivity contribution in [2.45, 2.75) is 0 Å². The molecule has 0 aliphatic heterocycles. The summed E-state index contributed by atoms with van der Waals surface area (Å²) in [6, 6.07) is 22.0. The fourth-order valence-electron chi connectivity index (χ4n) is 2.81. The molecule has 0 aromatic heterocycles. The molecular weight excluding hydrogens is 356 g/mol. The average molecular weight is 376 g/mol. The maximum atomic E-state index is 12.5. The van der Waals surface area contributed by atoms with Gasteiger partial charge in [-0.05, 0) is 23.8 Å². The number of para-hydroxylation sites is 2. The number of primary amides is 1. The lowest BCUT2D eigenvalue weighted by Gasteiger charge is -2.14. The average Bonchev–Trinajstić information content (AvgIpc) is 2.73. The van der Waals surface area contributed by atoms with E-state index in [4.69, 9.17) is 15.2 Å². The van der Waals surface area contributed by atoms with Crippen molar-refractivity contribution in [2.75, 3.05) is 19.0 Å². The highest BCUT2D eigenvalue weighted by Gasteiger charge is 2.16. The molecule has 6 nitrogen and oxygen atoms in total. The van der Waals surface area contributed by atoms with Crippen LogP contribution in [0.25, 0.3) is 11.1 Å². The predicted octanol–water partition coefficient (Wildman–Crippen LogP) is 3.48. The van der Waals surface area contributed by atoms with Gasteiger partial charge in [0, 0.05) is 11.3 Å². The fraction of sp³-hybridized carbons (Fsp3) is 0.0909. The minimum absolute atomic E-state index is 0.143. The van der Waals surface area contributed by atoms with E-state index >= 15 is 0 Å². The van der Waals surface area contributed by atoms with Crippen molar-refractivity contribution >= 4 is 17.5 Å². The van der Waals surface area contributed by atoms with Crippen LogP contribution in [0.3, 0.4) is 0 Å². The molecule has 0 aliphatic carbocycles. The van der Waals surface area contributed by atoms with Gasteiger partial charge in [0.2, 0.25) is 0 Å². The fourth-order valence-corrected chi connectivity index (χ4v) is 2.81. The number of carbonyl (C=O) groups is 2. The molecule has 0 heterocycles. The molecule has 142 valence electrons. The quantitative estimate of drug-likeness (QED) is 0.660. The van der Waals surface area contributed by atoms with Gasteiger partial charge < -0.3 is 20.5 Å². The van der Waals surface area contributed by atoms with Gasteiger partial charge in [-0.2, -0.15) is 0 Å². The van der Waals surface area contributed by atoms with Crippen LogP contribution < -0.4 is 20.5 Å². The molecule has 6 heteroatoms. The number of hydrogen-bond acceptors (Lipinski definition) is 4. The van der Waals surface area contributed by atoms with Crippen molar-refractivity contribution in [3.63, 3.8) is 0 Å². The lowest BCUT2D eigenvalue weighted by molar-refractivity contribution is -0.118. The monoisotopic (exact) mass is 376 g/mol. The molecule has 0 bridgehead atoms. The van der Waals surface area contributed by atoms with Gasteiger partial charge in [-0.25, -0.2) is 0 Å². The van der Waals surface area contributed by atoms with Gasteiger partial charge in [-0.1, -0.05) is 54.6 Å². The van der Waals surface area contributed by atoms with Crippen LogP contribution in [0, 0.1) is 0 Å². The summed E-state index contributed by atoms with van der Waals surface area (Å²) in [6.45, 7) is -0.302. The Morgan fingerprint density at radius 1 is 0.929 bits per heavy atom. The zero-order valence-electron chi connectivity index (χ0n) is 15.3. The summed E-state index contributed by atoms with van der Waals surface area (Å²) in [6.07, 6.45) is 0. The van der Waals surface area contributed by atoms with E-state index in [0.29, 0.717) is 11.4 Å². The molecule has 28 heavy (non-hydrogen) atoms. The Hall–Kier alpha value is -3.80. The summed E-state index contributed by atoms with van der Waals surface area (Å²) in [4.78, 5) is 24.1. The van der Waals surface area contributed by atoms with Crippen molar-refractivity contribution in [2.24, 2.45) is 5.73 Å². The zero-order chi connectivity index (χ0) is 19.9. The number of amides is 2. The highest BCUT2D eigenvalue weighted by atomic mass is 16.5. The molecule has 3 rings (SSSR count). The smallest absolute Gasteiger partial charge is 0.262 e. The summed E-state index contributed by atoms with van der Waals surface area (Å²) in [5.41, 5.74) is 8.07. The minimum Gasteiger partial charge on any atom is -0.493 e. The van der Waals surface area contributed by atoms with Crippen molar-refractivity contribution in [3.8, 4) is 22.6 Å². The first-order chi connectivity index (χ1) is 13.6. The van der Waals surface area contributed by atoms with E-state index in [1.807, 2.05) is 54.6 Å². The lowest BCUT2D eigenvalue weighted by atomic mass is 10.0. The molecule has 0 aliphatic rings. The molecule has 0 fully saturated rings. The van der Waals surface area contributed by atoms with Crippen LogP contribution >= 0.6 is 0 Å². The van der Waals surface area contributed by atoms with E-state index in [-0.39, 0.29) is 23.8 Å². The SMILES string of the molecule is COc1cccc(C(N)=O)c1OCC(=O)Nc1ccccc1-c1ccccc1. The molecule has 0 saturated carbocycles. The Morgan fingerprint density at radius 3 is 2.36 bits per heavy atom. The second-order valence-corrected chi connectivity index (χ2v) is 5.95. The standard InChI is InChI=1S/C22H20N2O4/c1-27-19-13-7-11-17(22(23)26)21(19)28-14-20(25)24-18-12-6-5-10-16(18)15-8-3-2-4-9-15/h2-13H,14H2,1H3,(H2,23,26)(H,24,25). The van der Waals surface area contributed by atoms with E-state index in [2.05, 4.69) is 5.32 Å². The lowest BCUT2D eigenvalue weighted by Crippen LogP contribution is -2.22. The molecule has 3 aromatic rings. The van der Waals surface area contributed by atoms with Crippen LogP contribution in [0.4, 0.5) is 5.69 Å². The molecule has 0 saturated heterocycles. The molecule has 0 unspecified atom stereocenters. The van der Waals surface area contributed by atoms with E-state index in [1.54, 1.807) is 12.1 Å². The molecule has 3 aromatic carbocycles. The highest BCUT2D eigenvalue weighted by molar-refractivity contribution is 5.98. The molecule has 0 spiro atoms. The maximum absolute atomic E-state index is 12.5. The van der Waals surface area contributed by atoms with Gasteiger partial charge in [0.05, 0.1) is 12.7 Å². The van der Waals surface area contributed by atoms with Gasteiger partial charge in [0.1, 0.15) is 0 Å². The van der Waals surface area contributed by atoms with Crippen LogP contribution in [-0.2, 0) is 4.79 Å². The minimum atomic E-state index is -0.663. The second kappa shape index (κ2) is 8.73. The Bertz CT molecular complexity index is 987. The Labute approximate surface area is 162 Å². The summed E-state index contributed by atoms with van der Waals surface area (Å²) in [5, 5.41) is 2.84. The number of hydrogen-bond donors (Lipinski definition) is 2. The number of carbonyl (C=O) groups excluding carboxylic acids is 2. The first-order valence-electron chi connectivity index (χ1n) is 8.64. The highest BCUT2D eigenvalue weighted by Crippen LogP contribution is 2.31. The van der Waals surface area contributed by atoms with Crippen molar-refractivity contribution in [1.29, 1.82) is 0 Å². The first kappa shape index (κ1) is 19.0. The third-order valence-electron chi connectivity index (χ3n) is 4.10. The Morgan fingerprint density at radius 2 is 1.64 bits per heavy atom. The number of nitrogens with two attached hydrogens (primary N) is 1.